The smallest absolute Gasteiger partial charge is 0.143 e. The summed E-state index contributed by atoms with van der Waals surface area (Å²) in [5.41, 5.74) is 5.62. The van der Waals surface area contributed by atoms with Gasteiger partial charge in [0.1, 0.15) is 11.2 Å². The molecule has 1 nitrogen and oxygen atoms in total. The van der Waals surface area contributed by atoms with Crippen molar-refractivity contribution in [2.45, 2.75) is 0 Å². The molecule has 1 aromatic heterocycles. The van der Waals surface area contributed by atoms with Crippen LogP contribution in [0, 0.1) is 0 Å². The van der Waals surface area contributed by atoms with Crippen LogP contribution in [0.4, 0.5) is 0 Å². The van der Waals surface area contributed by atoms with E-state index in [0.29, 0.717) is 22.3 Å². The lowest BCUT2D eigenvalue weighted by atomic mass is 9.84. The highest BCUT2D eigenvalue weighted by molar-refractivity contribution is 6.23. The zero-order valence-corrected chi connectivity index (χ0v) is 25.1. The zero-order valence-electron chi connectivity index (χ0n) is 31.1. The van der Waals surface area contributed by atoms with Crippen LogP contribution in [0.5, 0.6) is 0 Å². The second-order valence-corrected chi connectivity index (χ2v) is 11.9. The Morgan fingerprint density at radius 2 is 1.02 bits per heavy atom. The fourth-order valence-electron chi connectivity index (χ4n) is 7.25. The topological polar surface area (TPSA) is 13.1 Å². The van der Waals surface area contributed by atoms with E-state index < -0.39 is 6.04 Å². The molecule has 0 aliphatic heterocycles. The summed E-state index contributed by atoms with van der Waals surface area (Å²) in [4.78, 5) is 0. The molecule has 0 atom stereocenters. The van der Waals surface area contributed by atoms with Gasteiger partial charge in [0.05, 0.1) is 8.22 Å². The highest BCUT2D eigenvalue weighted by Gasteiger charge is 2.19. The zero-order chi connectivity index (χ0) is 36.1. The van der Waals surface area contributed by atoms with Crippen molar-refractivity contribution in [2.75, 3.05) is 0 Å². The van der Waals surface area contributed by atoms with Crippen LogP contribution in [-0.2, 0) is 0 Å². The number of rotatable bonds is 3. The number of hydrogen-bond donors (Lipinski definition) is 0. The summed E-state index contributed by atoms with van der Waals surface area (Å²) in [6.07, 6.45) is 0. The van der Waals surface area contributed by atoms with Crippen LogP contribution in [0.15, 0.2) is 174 Å². The van der Waals surface area contributed by atoms with Crippen LogP contribution in [0.1, 0.15) is 8.22 Å². The van der Waals surface area contributed by atoms with Crippen LogP contribution in [0.2, 0.25) is 0 Å². The highest BCUT2D eigenvalue weighted by Crippen LogP contribution is 2.46. The standard InChI is InChI=1S/C46H28O/c1-2-12-29(13-3-1)42-27-33(26-31-15-5-6-16-34(31)42)45-39-20-10-8-18-37(39)44(38-19-9-11-21-40(38)45)32-23-24-36-41-25-22-30-14-4-7-17-35(30)46(41)47-43(36)28-32/h1-28H/i5D,6D,15D,16D,26D,27D. The third-order valence-corrected chi connectivity index (χ3v) is 9.33. The van der Waals surface area contributed by atoms with Gasteiger partial charge in [-0.2, -0.15) is 0 Å². The average molecular weight is 603 g/mol. The van der Waals surface area contributed by atoms with Gasteiger partial charge in [0, 0.05) is 16.2 Å². The molecular formula is C46H28O. The van der Waals surface area contributed by atoms with E-state index in [2.05, 4.69) is 54.6 Å². The van der Waals surface area contributed by atoms with E-state index in [-0.39, 0.29) is 41.0 Å². The first-order valence-corrected chi connectivity index (χ1v) is 15.7. The Bertz CT molecular complexity index is 3130. The molecule has 0 spiro atoms. The van der Waals surface area contributed by atoms with Crippen molar-refractivity contribution in [3.8, 4) is 33.4 Å². The number of benzene rings is 9. The molecule has 47 heavy (non-hydrogen) atoms. The van der Waals surface area contributed by atoms with Crippen LogP contribution >= 0.6 is 0 Å². The summed E-state index contributed by atoms with van der Waals surface area (Å²) in [6, 6.07) is 42.7. The van der Waals surface area contributed by atoms with Gasteiger partial charge in [0.15, 0.2) is 0 Å². The molecule has 10 rings (SSSR count). The first kappa shape index (κ1) is 20.8. The number of hydrogen-bond acceptors (Lipinski definition) is 1. The van der Waals surface area contributed by atoms with Crippen molar-refractivity contribution >= 4 is 65.0 Å². The Balaban J connectivity index is 1.33. The Labute approximate surface area is 280 Å². The van der Waals surface area contributed by atoms with Crippen molar-refractivity contribution in [1.29, 1.82) is 0 Å². The maximum absolute atomic E-state index is 9.82. The van der Waals surface area contributed by atoms with Gasteiger partial charge in [-0.15, -0.1) is 0 Å². The molecular weight excluding hydrogens is 569 g/mol. The van der Waals surface area contributed by atoms with E-state index >= 15 is 0 Å². The first-order valence-electron chi connectivity index (χ1n) is 18.7. The van der Waals surface area contributed by atoms with Gasteiger partial charge >= 0.3 is 0 Å². The minimum atomic E-state index is -0.405. The lowest BCUT2D eigenvalue weighted by Crippen LogP contribution is -1.92. The maximum atomic E-state index is 9.82. The molecule has 0 amide bonds. The van der Waals surface area contributed by atoms with Crippen LogP contribution in [-0.4, -0.2) is 0 Å². The summed E-state index contributed by atoms with van der Waals surface area (Å²) in [7, 11) is 0. The van der Waals surface area contributed by atoms with Gasteiger partial charge in [0.25, 0.3) is 0 Å². The molecule has 0 saturated heterocycles. The molecule has 0 fully saturated rings. The maximum Gasteiger partial charge on any atom is 0.143 e. The van der Waals surface area contributed by atoms with Gasteiger partial charge in [-0.05, 0) is 101 Å². The van der Waals surface area contributed by atoms with Crippen LogP contribution in [0.25, 0.3) is 98.4 Å². The van der Waals surface area contributed by atoms with Gasteiger partial charge in [-0.3, -0.25) is 0 Å². The molecule has 0 radical (unpaired) electrons. The monoisotopic (exact) mass is 602 g/mol. The minimum Gasteiger partial charge on any atom is -0.455 e. The fourth-order valence-corrected chi connectivity index (χ4v) is 7.25. The second-order valence-electron chi connectivity index (χ2n) is 11.9. The van der Waals surface area contributed by atoms with Crippen molar-refractivity contribution in [3.05, 3.63) is 170 Å². The van der Waals surface area contributed by atoms with E-state index in [1.807, 2.05) is 78.9 Å². The summed E-state index contributed by atoms with van der Waals surface area (Å²) in [6.45, 7) is 0. The quantitative estimate of drug-likeness (QED) is 0.183. The normalized spacial score (nSPS) is 13.6. The predicted octanol–water partition coefficient (Wildman–Crippen LogP) is 13.2. The molecule has 10 aromatic rings. The fraction of sp³-hybridized carbons (Fsp3) is 0. The Hall–Kier alpha value is -6.18. The van der Waals surface area contributed by atoms with E-state index in [9.17, 15) is 2.74 Å². The molecule has 0 unspecified atom stereocenters. The molecule has 0 aliphatic rings. The summed E-state index contributed by atoms with van der Waals surface area (Å²) >= 11 is 0. The van der Waals surface area contributed by atoms with Crippen LogP contribution in [0.3, 0.4) is 0 Å². The van der Waals surface area contributed by atoms with Gasteiger partial charge in [-0.25, -0.2) is 0 Å². The third kappa shape index (κ3) is 3.97. The first-order chi connectivity index (χ1) is 25.8. The summed E-state index contributed by atoms with van der Waals surface area (Å²) in [5, 5.41) is 8.07. The minimum absolute atomic E-state index is 0.0395. The van der Waals surface area contributed by atoms with Crippen molar-refractivity contribution in [1.82, 2.24) is 0 Å². The van der Waals surface area contributed by atoms with E-state index in [4.69, 9.17) is 9.90 Å². The van der Waals surface area contributed by atoms with Crippen molar-refractivity contribution < 1.29 is 12.6 Å². The Morgan fingerprint density at radius 3 is 1.77 bits per heavy atom. The van der Waals surface area contributed by atoms with Crippen molar-refractivity contribution in [2.24, 2.45) is 0 Å². The molecule has 1 heterocycles. The van der Waals surface area contributed by atoms with Crippen molar-refractivity contribution in [3.63, 3.8) is 0 Å². The molecule has 0 saturated carbocycles. The number of fused-ring (bicyclic) bond motifs is 8. The van der Waals surface area contributed by atoms with E-state index in [1.165, 1.54) is 0 Å². The third-order valence-electron chi connectivity index (χ3n) is 9.33. The molecule has 0 aliphatic carbocycles. The van der Waals surface area contributed by atoms with Gasteiger partial charge < -0.3 is 4.42 Å². The molecule has 0 bridgehead atoms. The molecule has 218 valence electrons. The molecule has 1 heteroatoms. The largest absolute Gasteiger partial charge is 0.455 e. The van der Waals surface area contributed by atoms with E-state index in [1.54, 1.807) is 0 Å². The Morgan fingerprint density at radius 1 is 0.404 bits per heavy atom. The average Bonchev–Trinajstić information content (AvgIpc) is 3.57. The lowest BCUT2D eigenvalue weighted by molar-refractivity contribution is 0.673. The highest BCUT2D eigenvalue weighted by atomic mass is 16.3. The summed E-state index contributed by atoms with van der Waals surface area (Å²) in [5.74, 6) is 0. The molecule has 0 N–H and O–H groups in total. The van der Waals surface area contributed by atoms with Crippen LogP contribution < -0.4 is 0 Å². The SMILES string of the molecule is [2H]c1c([2H])c([2H])c2c(-c3ccccc3)c([2H])c(-c3c4ccccc4c(-c4ccc5c(c4)oc4c6ccccc6ccc54)c4ccccc34)c([2H])c2c1[2H]. The summed E-state index contributed by atoms with van der Waals surface area (Å²) < 4.78 is 61.1. The number of furan rings is 1. The second kappa shape index (κ2) is 10.2. The van der Waals surface area contributed by atoms with Gasteiger partial charge in [0.2, 0.25) is 0 Å². The Kier molecular flexibility index (Phi) is 4.49. The van der Waals surface area contributed by atoms with E-state index in [0.717, 1.165) is 65.4 Å². The predicted molar refractivity (Wildman–Crippen MR) is 200 cm³/mol. The molecule has 9 aromatic carbocycles. The van der Waals surface area contributed by atoms with Gasteiger partial charge in [-0.1, -0.05) is 139 Å². The lowest BCUT2D eigenvalue weighted by Gasteiger charge is -2.19.